The van der Waals surface area contributed by atoms with Crippen LogP contribution in [0.3, 0.4) is 0 Å². The molecule has 0 aliphatic carbocycles. The second kappa shape index (κ2) is 8.17. The van der Waals surface area contributed by atoms with Crippen molar-refractivity contribution in [1.29, 1.82) is 0 Å². The van der Waals surface area contributed by atoms with Gasteiger partial charge < -0.3 is 5.32 Å². The molecule has 0 aliphatic heterocycles. The molecule has 0 amide bonds. The highest BCUT2D eigenvalue weighted by Gasteiger charge is 2.12. The Kier molecular flexibility index (Phi) is 5.28. The van der Waals surface area contributed by atoms with Gasteiger partial charge in [0.25, 0.3) is 0 Å². The van der Waals surface area contributed by atoms with Crippen LogP contribution in [0.5, 0.6) is 0 Å². The number of para-hydroxylation sites is 2. The minimum Gasteiger partial charge on any atom is -0.367 e. The van der Waals surface area contributed by atoms with Gasteiger partial charge in [0.1, 0.15) is 5.82 Å². The van der Waals surface area contributed by atoms with E-state index in [1.807, 2.05) is 65.9 Å². The van der Waals surface area contributed by atoms with E-state index < -0.39 is 0 Å². The van der Waals surface area contributed by atoms with Gasteiger partial charge in [-0.1, -0.05) is 48.9 Å². The molecule has 0 atom stereocenters. The van der Waals surface area contributed by atoms with Crippen molar-refractivity contribution in [2.75, 3.05) is 11.9 Å². The molecule has 4 aromatic rings. The summed E-state index contributed by atoms with van der Waals surface area (Å²) in [4.78, 5) is 16.8. The van der Waals surface area contributed by atoms with E-state index in [1.54, 1.807) is 0 Å². The summed E-state index contributed by atoms with van der Waals surface area (Å²) in [7, 11) is 0. The average Bonchev–Trinajstić information content (AvgIpc) is 3.13. The molecule has 2 aromatic carbocycles. The van der Waals surface area contributed by atoms with E-state index in [0.717, 1.165) is 59.7 Å². The Balaban J connectivity index is 1.34. The number of Topliss-reactive ketones (excluding diaryl/α,β-unsaturated/α-hetero) is 1. The van der Waals surface area contributed by atoms with Gasteiger partial charge in [-0.3, -0.25) is 9.20 Å². The number of aryl methyl sites for hydroxylation is 1. The van der Waals surface area contributed by atoms with Crippen LogP contribution in [0.4, 0.5) is 5.82 Å². The van der Waals surface area contributed by atoms with Gasteiger partial charge in [0, 0.05) is 18.5 Å². The molecule has 0 saturated carbocycles. The van der Waals surface area contributed by atoms with Gasteiger partial charge in [0.05, 0.1) is 11.0 Å². The second-order valence-corrected chi connectivity index (χ2v) is 6.88. The van der Waals surface area contributed by atoms with Gasteiger partial charge in [0.15, 0.2) is 11.6 Å². The molecule has 0 radical (unpaired) electrons. The number of hydrogen-bond acceptors (Lipinski definition) is 5. The molecule has 6 nitrogen and oxygen atoms in total. The van der Waals surface area contributed by atoms with Gasteiger partial charge in [-0.15, -0.1) is 10.2 Å². The first-order chi connectivity index (χ1) is 13.7. The first kappa shape index (κ1) is 18.1. The highest BCUT2D eigenvalue weighted by molar-refractivity contribution is 5.95. The van der Waals surface area contributed by atoms with Crippen molar-refractivity contribution in [2.45, 2.75) is 32.6 Å². The van der Waals surface area contributed by atoms with Gasteiger partial charge in [-0.2, -0.15) is 0 Å². The van der Waals surface area contributed by atoms with Crippen LogP contribution in [0.2, 0.25) is 0 Å². The van der Waals surface area contributed by atoms with E-state index >= 15 is 0 Å². The predicted molar refractivity (Wildman–Crippen MR) is 111 cm³/mol. The van der Waals surface area contributed by atoms with Crippen LogP contribution in [-0.4, -0.2) is 31.9 Å². The molecule has 2 heterocycles. The molecule has 0 spiro atoms. The third kappa shape index (κ3) is 3.71. The maximum Gasteiger partial charge on any atom is 0.204 e. The van der Waals surface area contributed by atoms with Gasteiger partial charge in [-0.05, 0) is 31.9 Å². The van der Waals surface area contributed by atoms with Crippen LogP contribution >= 0.6 is 0 Å². The Morgan fingerprint density at radius 1 is 0.964 bits per heavy atom. The average molecular weight is 373 g/mol. The van der Waals surface area contributed by atoms with E-state index in [9.17, 15) is 4.79 Å². The summed E-state index contributed by atoms with van der Waals surface area (Å²) >= 11 is 0. The number of fused-ring (bicyclic) bond motifs is 3. The maximum absolute atomic E-state index is 12.1. The lowest BCUT2D eigenvalue weighted by Gasteiger charge is -2.09. The predicted octanol–water partition coefficient (Wildman–Crippen LogP) is 4.44. The van der Waals surface area contributed by atoms with Gasteiger partial charge in [0.2, 0.25) is 5.65 Å². The first-order valence-corrected chi connectivity index (χ1v) is 9.66. The summed E-state index contributed by atoms with van der Waals surface area (Å²) in [5.41, 5.74) is 3.46. The molecular weight excluding hydrogens is 350 g/mol. The van der Waals surface area contributed by atoms with E-state index in [-0.39, 0.29) is 5.78 Å². The van der Waals surface area contributed by atoms with E-state index in [4.69, 9.17) is 4.98 Å². The number of nitrogens with zero attached hydrogens (tertiary/aromatic N) is 4. The molecule has 1 N–H and O–H groups in total. The fraction of sp³-hybridized carbons (Fsp3) is 0.273. The van der Waals surface area contributed by atoms with Gasteiger partial charge in [-0.25, -0.2) is 4.98 Å². The van der Waals surface area contributed by atoms with Crippen LogP contribution in [0.15, 0.2) is 54.6 Å². The molecule has 4 rings (SSSR count). The number of rotatable bonds is 8. The molecule has 0 bridgehead atoms. The SMILES string of the molecule is Cc1nnc2c(NCCCCCC(=O)c3ccccc3)nc3ccccc3n12. The van der Waals surface area contributed by atoms with E-state index in [2.05, 4.69) is 15.5 Å². The Morgan fingerprint density at radius 3 is 2.61 bits per heavy atom. The lowest BCUT2D eigenvalue weighted by molar-refractivity contribution is 0.0979. The van der Waals surface area contributed by atoms with Crippen LogP contribution in [0, 0.1) is 6.92 Å². The number of carbonyl (C=O) groups excluding carboxylic acids is 1. The topological polar surface area (TPSA) is 72.2 Å². The third-order valence-corrected chi connectivity index (χ3v) is 4.86. The minimum absolute atomic E-state index is 0.213. The molecule has 0 unspecified atom stereocenters. The number of ketones is 1. The maximum atomic E-state index is 12.1. The number of nitrogens with one attached hydrogen (secondary N) is 1. The summed E-state index contributed by atoms with van der Waals surface area (Å²) < 4.78 is 2.03. The van der Waals surface area contributed by atoms with Crippen molar-refractivity contribution in [3.8, 4) is 0 Å². The Hall–Kier alpha value is -3.28. The molecule has 2 aromatic heterocycles. The summed E-state index contributed by atoms with van der Waals surface area (Å²) in [6, 6.07) is 17.5. The number of benzene rings is 2. The minimum atomic E-state index is 0.213. The number of hydrogen-bond donors (Lipinski definition) is 1. The van der Waals surface area contributed by atoms with E-state index in [1.165, 1.54) is 0 Å². The summed E-state index contributed by atoms with van der Waals surface area (Å²) in [6.07, 6.45) is 3.43. The van der Waals surface area contributed by atoms with Crippen molar-refractivity contribution in [3.63, 3.8) is 0 Å². The molecule has 0 saturated heterocycles. The summed E-state index contributed by atoms with van der Waals surface area (Å²) in [5, 5.41) is 11.9. The molecular formula is C22H23N5O. The van der Waals surface area contributed by atoms with Crippen molar-refractivity contribution in [2.24, 2.45) is 0 Å². The van der Waals surface area contributed by atoms with Crippen molar-refractivity contribution >= 4 is 28.3 Å². The van der Waals surface area contributed by atoms with Crippen molar-refractivity contribution in [3.05, 3.63) is 66.0 Å². The normalized spacial score (nSPS) is 11.2. The number of unbranched alkanes of at least 4 members (excludes halogenated alkanes) is 2. The Labute approximate surface area is 163 Å². The van der Waals surface area contributed by atoms with Crippen LogP contribution < -0.4 is 5.32 Å². The smallest absolute Gasteiger partial charge is 0.204 e. The Bertz CT molecular complexity index is 1100. The standard InChI is InChI=1S/C22H23N5O/c1-16-25-26-22-21(24-18-12-7-8-13-19(18)27(16)22)23-15-9-3-6-14-20(28)17-10-4-2-5-11-17/h2,4-5,7-8,10-13H,3,6,9,14-15H2,1H3,(H,23,24). The van der Waals surface area contributed by atoms with Crippen molar-refractivity contribution in [1.82, 2.24) is 19.6 Å². The zero-order chi connectivity index (χ0) is 19.3. The number of carbonyl (C=O) groups is 1. The van der Waals surface area contributed by atoms with Crippen molar-refractivity contribution < 1.29 is 4.79 Å². The highest BCUT2D eigenvalue weighted by atomic mass is 16.1. The monoisotopic (exact) mass is 373 g/mol. The lowest BCUT2D eigenvalue weighted by atomic mass is 10.0. The molecule has 6 heteroatoms. The molecule has 0 fully saturated rings. The second-order valence-electron chi connectivity index (χ2n) is 6.88. The Morgan fingerprint density at radius 2 is 1.75 bits per heavy atom. The van der Waals surface area contributed by atoms with Gasteiger partial charge >= 0.3 is 0 Å². The van der Waals surface area contributed by atoms with Crippen LogP contribution in [0.1, 0.15) is 41.9 Å². The third-order valence-electron chi connectivity index (χ3n) is 4.86. The summed E-state index contributed by atoms with van der Waals surface area (Å²) in [6.45, 7) is 2.73. The molecule has 142 valence electrons. The highest BCUT2D eigenvalue weighted by Crippen LogP contribution is 2.21. The lowest BCUT2D eigenvalue weighted by Crippen LogP contribution is -2.07. The molecule has 28 heavy (non-hydrogen) atoms. The van der Waals surface area contributed by atoms with Crippen LogP contribution in [-0.2, 0) is 0 Å². The molecule has 0 aliphatic rings. The zero-order valence-electron chi connectivity index (χ0n) is 15.9. The first-order valence-electron chi connectivity index (χ1n) is 9.66. The number of aromatic nitrogens is 4. The largest absolute Gasteiger partial charge is 0.367 e. The van der Waals surface area contributed by atoms with E-state index in [0.29, 0.717) is 6.42 Å². The fourth-order valence-electron chi connectivity index (χ4n) is 3.40. The quantitative estimate of drug-likeness (QED) is 0.365. The fourth-order valence-corrected chi connectivity index (χ4v) is 3.40. The zero-order valence-corrected chi connectivity index (χ0v) is 15.9. The number of anilines is 1. The summed E-state index contributed by atoms with van der Waals surface area (Å²) in [5.74, 6) is 1.81. The van der Waals surface area contributed by atoms with Crippen LogP contribution in [0.25, 0.3) is 16.7 Å².